The molecule has 2 aromatic heterocycles. The summed E-state index contributed by atoms with van der Waals surface area (Å²) in [4.78, 5) is 31.2. The SMILES string of the molecule is C=CC(=O)Nc1ccc2c(N3CC[C@@H](Cc4ncc(C#N)cn4)C3)ncnc2c1. The Morgan fingerprint density at radius 1 is 1.31 bits per heavy atom. The molecule has 8 nitrogen and oxygen atoms in total. The molecule has 0 saturated carbocycles. The Morgan fingerprint density at radius 3 is 2.90 bits per heavy atom. The highest BCUT2D eigenvalue weighted by Gasteiger charge is 2.25. The van der Waals surface area contributed by atoms with Crippen LogP contribution in [-0.2, 0) is 11.2 Å². The average Bonchev–Trinajstić information content (AvgIpc) is 3.22. The highest BCUT2D eigenvalue weighted by molar-refractivity contribution is 6.01. The van der Waals surface area contributed by atoms with Crippen molar-refractivity contribution < 1.29 is 4.79 Å². The molecule has 3 heterocycles. The van der Waals surface area contributed by atoms with E-state index >= 15 is 0 Å². The number of carbonyl (C=O) groups excluding carboxylic acids is 1. The molecule has 0 spiro atoms. The molecule has 1 fully saturated rings. The van der Waals surface area contributed by atoms with Gasteiger partial charge in [-0.3, -0.25) is 4.79 Å². The summed E-state index contributed by atoms with van der Waals surface area (Å²) in [7, 11) is 0. The number of nitrogens with zero attached hydrogens (tertiary/aromatic N) is 6. The molecule has 144 valence electrons. The molecule has 4 rings (SSSR count). The van der Waals surface area contributed by atoms with Crippen molar-refractivity contribution in [3.05, 3.63) is 61.0 Å². The number of hydrogen-bond acceptors (Lipinski definition) is 7. The van der Waals surface area contributed by atoms with Gasteiger partial charge in [0.15, 0.2) is 0 Å². The van der Waals surface area contributed by atoms with Crippen LogP contribution in [0.25, 0.3) is 10.9 Å². The summed E-state index contributed by atoms with van der Waals surface area (Å²) < 4.78 is 0. The third-order valence-corrected chi connectivity index (χ3v) is 4.96. The number of nitrogens with one attached hydrogen (secondary N) is 1. The summed E-state index contributed by atoms with van der Waals surface area (Å²) >= 11 is 0. The molecule has 1 aromatic carbocycles. The van der Waals surface area contributed by atoms with Crippen molar-refractivity contribution in [3.63, 3.8) is 0 Å². The molecule has 1 atom stereocenters. The summed E-state index contributed by atoms with van der Waals surface area (Å²) in [6.45, 7) is 5.21. The van der Waals surface area contributed by atoms with Crippen molar-refractivity contribution in [2.75, 3.05) is 23.3 Å². The molecule has 1 aliphatic heterocycles. The number of fused-ring (bicyclic) bond motifs is 1. The Hall–Kier alpha value is -3.86. The van der Waals surface area contributed by atoms with Crippen LogP contribution < -0.4 is 10.2 Å². The van der Waals surface area contributed by atoms with E-state index < -0.39 is 0 Å². The summed E-state index contributed by atoms with van der Waals surface area (Å²) in [6, 6.07) is 7.64. The number of benzene rings is 1. The van der Waals surface area contributed by atoms with Crippen LogP contribution in [0.5, 0.6) is 0 Å². The first kappa shape index (κ1) is 18.5. The standard InChI is InChI=1S/C21H19N7O/c1-2-20(29)27-16-3-4-17-18(8-16)25-13-26-21(17)28-6-5-14(12-28)7-19-23-10-15(9-22)11-24-19/h2-4,8,10-11,13-14H,1,5-7,12H2,(H,27,29)/t14-/m0/s1. The first-order valence-electron chi connectivity index (χ1n) is 9.30. The maximum Gasteiger partial charge on any atom is 0.247 e. The van der Waals surface area contributed by atoms with Crippen molar-refractivity contribution in [3.8, 4) is 6.07 Å². The lowest BCUT2D eigenvalue weighted by Crippen LogP contribution is -2.22. The van der Waals surface area contributed by atoms with E-state index in [1.165, 1.54) is 6.08 Å². The van der Waals surface area contributed by atoms with Gasteiger partial charge < -0.3 is 10.2 Å². The number of amides is 1. The molecule has 0 unspecified atom stereocenters. The topological polar surface area (TPSA) is 108 Å². The van der Waals surface area contributed by atoms with E-state index in [2.05, 4.69) is 36.7 Å². The van der Waals surface area contributed by atoms with Crippen LogP contribution in [-0.4, -0.2) is 38.9 Å². The fourth-order valence-electron chi connectivity index (χ4n) is 3.53. The van der Waals surface area contributed by atoms with Gasteiger partial charge in [0.1, 0.15) is 24.0 Å². The van der Waals surface area contributed by atoms with Crippen LogP contribution in [0, 0.1) is 17.2 Å². The largest absolute Gasteiger partial charge is 0.356 e. The molecule has 8 heteroatoms. The molecule has 0 aliphatic carbocycles. The lowest BCUT2D eigenvalue weighted by Gasteiger charge is -2.19. The molecular formula is C21H19N7O. The minimum Gasteiger partial charge on any atom is -0.356 e. The van der Waals surface area contributed by atoms with Crippen LogP contribution in [0.3, 0.4) is 0 Å². The first-order valence-corrected chi connectivity index (χ1v) is 9.30. The second-order valence-electron chi connectivity index (χ2n) is 6.93. The maximum absolute atomic E-state index is 11.5. The summed E-state index contributed by atoms with van der Waals surface area (Å²) in [5.74, 6) is 1.80. The zero-order valence-corrected chi connectivity index (χ0v) is 15.7. The minimum atomic E-state index is -0.258. The third kappa shape index (κ3) is 4.04. The molecule has 1 aliphatic rings. The van der Waals surface area contributed by atoms with Gasteiger partial charge in [0, 0.05) is 43.0 Å². The quantitative estimate of drug-likeness (QED) is 0.672. The second kappa shape index (κ2) is 8.02. The fraction of sp³-hybridized carbons (Fsp3) is 0.238. The minimum absolute atomic E-state index is 0.258. The van der Waals surface area contributed by atoms with Gasteiger partial charge in [-0.15, -0.1) is 0 Å². The van der Waals surface area contributed by atoms with Gasteiger partial charge in [0.25, 0.3) is 0 Å². The van der Waals surface area contributed by atoms with Crippen LogP contribution in [0.15, 0.2) is 49.6 Å². The van der Waals surface area contributed by atoms with Crippen molar-refractivity contribution >= 4 is 28.3 Å². The zero-order chi connectivity index (χ0) is 20.2. The molecule has 1 N–H and O–H groups in total. The smallest absolute Gasteiger partial charge is 0.247 e. The number of rotatable bonds is 5. The number of anilines is 2. The van der Waals surface area contributed by atoms with Crippen LogP contribution in [0.1, 0.15) is 17.8 Å². The van der Waals surface area contributed by atoms with E-state index in [1.54, 1.807) is 18.7 Å². The van der Waals surface area contributed by atoms with Crippen molar-refractivity contribution in [1.29, 1.82) is 5.26 Å². The van der Waals surface area contributed by atoms with Crippen molar-refractivity contribution in [2.24, 2.45) is 5.92 Å². The number of aromatic nitrogens is 4. The summed E-state index contributed by atoms with van der Waals surface area (Å²) in [6.07, 6.45) is 7.70. The van der Waals surface area contributed by atoms with E-state index in [1.807, 2.05) is 24.3 Å². The lowest BCUT2D eigenvalue weighted by molar-refractivity contribution is -0.111. The normalized spacial score (nSPS) is 15.8. The molecule has 1 saturated heterocycles. The Bertz CT molecular complexity index is 1100. The van der Waals surface area contributed by atoms with Gasteiger partial charge in [0.05, 0.1) is 11.1 Å². The third-order valence-electron chi connectivity index (χ3n) is 4.96. The lowest BCUT2D eigenvalue weighted by atomic mass is 10.0. The van der Waals surface area contributed by atoms with Gasteiger partial charge >= 0.3 is 0 Å². The molecule has 0 bridgehead atoms. The Morgan fingerprint density at radius 2 is 2.14 bits per heavy atom. The number of nitriles is 1. The second-order valence-corrected chi connectivity index (χ2v) is 6.93. The van der Waals surface area contributed by atoms with E-state index in [9.17, 15) is 4.79 Å². The Balaban J connectivity index is 1.50. The van der Waals surface area contributed by atoms with E-state index in [-0.39, 0.29) is 5.91 Å². The van der Waals surface area contributed by atoms with Crippen LogP contribution in [0.4, 0.5) is 11.5 Å². The van der Waals surface area contributed by atoms with E-state index in [0.29, 0.717) is 17.2 Å². The summed E-state index contributed by atoms with van der Waals surface area (Å²) in [5, 5.41) is 12.6. The Kier molecular flexibility index (Phi) is 5.12. The molecule has 1 amide bonds. The molecule has 29 heavy (non-hydrogen) atoms. The number of carbonyl (C=O) groups is 1. The zero-order valence-electron chi connectivity index (χ0n) is 15.7. The van der Waals surface area contributed by atoms with Crippen molar-refractivity contribution in [1.82, 2.24) is 19.9 Å². The Labute approximate surface area is 168 Å². The van der Waals surface area contributed by atoms with Gasteiger partial charge in [0.2, 0.25) is 5.91 Å². The molecule has 0 radical (unpaired) electrons. The van der Waals surface area contributed by atoms with Gasteiger partial charge in [-0.05, 0) is 36.6 Å². The maximum atomic E-state index is 11.5. The monoisotopic (exact) mass is 385 g/mol. The highest BCUT2D eigenvalue weighted by atomic mass is 16.1. The van der Waals surface area contributed by atoms with Crippen LogP contribution in [0.2, 0.25) is 0 Å². The average molecular weight is 385 g/mol. The molecule has 3 aromatic rings. The van der Waals surface area contributed by atoms with E-state index in [0.717, 1.165) is 48.5 Å². The van der Waals surface area contributed by atoms with Crippen molar-refractivity contribution in [2.45, 2.75) is 12.8 Å². The highest BCUT2D eigenvalue weighted by Crippen LogP contribution is 2.30. The molecular weight excluding hydrogens is 366 g/mol. The van der Waals surface area contributed by atoms with Crippen LogP contribution >= 0.6 is 0 Å². The fourth-order valence-corrected chi connectivity index (χ4v) is 3.53. The first-order chi connectivity index (χ1) is 14.2. The predicted molar refractivity (Wildman–Crippen MR) is 109 cm³/mol. The summed E-state index contributed by atoms with van der Waals surface area (Å²) in [5.41, 5.74) is 1.91. The predicted octanol–water partition coefficient (Wildman–Crippen LogP) is 2.48. The number of hydrogen-bond donors (Lipinski definition) is 1. The van der Waals surface area contributed by atoms with Gasteiger partial charge in [-0.1, -0.05) is 6.58 Å². The van der Waals surface area contributed by atoms with Gasteiger partial charge in [-0.2, -0.15) is 5.26 Å². The van der Waals surface area contributed by atoms with Gasteiger partial charge in [-0.25, -0.2) is 19.9 Å². The van der Waals surface area contributed by atoms with E-state index in [4.69, 9.17) is 5.26 Å².